The average Bonchev–Trinajstić information content (AvgIpc) is 3.01. The van der Waals surface area contributed by atoms with Gasteiger partial charge in [-0.05, 0) is 44.9 Å². The predicted molar refractivity (Wildman–Crippen MR) is 96.1 cm³/mol. The molecule has 3 rings (SSSR count). The highest BCUT2D eigenvalue weighted by molar-refractivity contribution is 5.94. The Hall–Kier alpha value is -2.21. The molecule has 1 aromatic carbocycles. The van der Waals surface area contributed by atoms with Gasteiger partial charge in [-0.25, -0.2) is 0 Å². The van der Waals surface area contributed by atoms with E-state index in [4.69, 9.17) is 4.42 Å². The first-order valence-electron chi connectivity index (χ1n) is 9.09. The second-order valence-electron chi connectivity index (χ2n) is 6.66. The summed E-state index contributed by atoms with van der Waals surface area (Å²) in [6.07, 6.45) is 4.46. The normalized spacial score (nSPS) is 15.8. The molecule has 6 heteroatoms. The number of benzene rings is 1. The van der Waals surface area contributed by atoms with Crippen molar-refractivity contribution in [1.82, 2.24) is 15.1 Å². The van der Waals surface area contributed by atoms with E-state index in [1.165, 1.54) is 6.42 Å². The zero-order valence-electron chi connectivity index (χ0n) is 14.9. The number of carbonyl (C=O) groups excluding carboxylic acids is 1. The molecule has 1 aliphatic rings. The van der Waals surface area contributed by atoms with Gasteiger partial charge in [0, 0.05) is 11.6 Å². The number of nitrogens with zero attached hydrogens (tertiary/aromatic N) is 3. The highest BCUT2D eigenvalue weighted by atomic mass is 16.4. The van der Waals surface area contributed by atoms with Crippen molar-refractivity contribution in [1.29, 1.82) is 0 Å². The van der Waals surface area contributed by atoms with Crippen molar-refractivity contribution in [3.05, 3.63) is 42.1 Å². The van der Waals surface area contributed by atoms with Crippen LogP contribution in [0.15, 0.2) is 34.7 Å². The smallest absolute Gasteiger partial charge is 0.241 e. The Labute approximate surface area is 148 Å². The van der Waals surface area contributed by atoms with Gasteiger partial charge in [-0.2, -0.15) is 0 Å². The highest BCUT2D eigenvalue weighted by Crippen LogP contribution is 2.35. The molecule has 1 aromatic heterocycles. The summed E-state index contributed by atoms with van der Waals surface area (Å²) >= 11 is 0. The Morgan fingerprint density at radius 3 is 2.72 bits per heavy atom. The Kier molecular flexibility index (Phi) is 5.81. The van der Waals surface area contributed by atoms with Crippen LogP contribution in [-0.2, 0) is 11.3 Å². The van der Waals surface area contributed by atoms with E-state index >= 15 is 0 Å². The maximum atomic E-state index is 12.6. The summed E-state index contributed by atoms with van der Waals surface area (Å²) in [5, 5.41) is 11.3. The van der Waals surface area contributed by atoms with Gasteiger partial charge in [-0.3, -0.25) is 9.69 Å². The number of hydrogen-bond acceptors (Lipinski definition) is 5. The number of rotatable bonds is 8. The Balaban J connectivity index is 1.62. The van der Waals surface area contributed by atoms with E-state index in [9.17, 15) is 4.79 Å². The van der Waals surface area contributed by atoms with E-state index in [0.717, 1.165) is 37.4 Å². The van der Waals surface area contributed by atoms with Crippen LogP contribution in [0.3, 0.4) is 0 Å². The minimum absolute atomic E-state index is 0.0293. The topological polar surface area (TPSA) is 71.3 Å². The Bertz CT molecular complexity index is 682. The zero-order chi connectivity index (χ0) is 17.6. The monoisotopic (exact) mass is 342 g/mol. The lowest BCUT2D eigenvalue weighted by Crippen LogP contribution is -2.42. The van der Waals surface area contributed by atoms with Crippen LogP contribution < -0.4 is 5.32 Å². The van der Waals surface area contributed by atoms with E-state index in [0.29, 0.717) is 18.4 Å². The van der Waals surface area contributed by atoms with Crippen molar-refractivity contribution < 1.29 is 9.21 Å². The number of aromatic nitrogens is 2. The Morgan fingerprint density at radius 1 is 1.32 bits per heavy atom. The van der Waals surface area contributed by atoms with Gasteiger partial charge in [0.15, 0.2) is 0 Å². The van der Waals surface area contributed by atoms with Crippen LogP contribution in [0.2, 0.25) is 0 Å². The lowest BCUT2D eigenvalue weighted by atomic mass is 9.85. The largest absolute Gasteiger partial charge is 0.424 e. The number of nitrogens with one attached hydrogen (secondary N) is 1. The SMILES string of the molecule is CCCN(Cc1nnc(C2CCC2)o1)C(C)C(=O)Nc1ccccc1. The van der Waals surface area contributed by atoms with Gasteiger partial charge >= 0.3 is 0 Å². The van der Waals surface area contributed by atoms with Crippen LogP contribution in [0.25, 0.3) is 0 Å². The van der Waals surface area contributed by atoms with Crippen molar-refractivity contribution in [2.24, 2.45) is 0 Å². The molecule has 1 heterocycles. The van der Waals surface area contributed by atoms with Gasteiger partial charge in [-0.15, -0.1) is 10.2 Å². The molecule has 2 aromatic rings. The second-order valence-corrected chi connectivity index (χ2v) is 6.66. The third kappa shape index (κ3) is 4.45. The van der Waals surface area contributed by atoms with Crippen LogP contribution in [0.4, 0.5) is 5.69 Å². The summed E-state index contributed by atoms with van der Waals surface area (Å²) in [5.74, 6) is 1.74. The zero-order valence-corrected chi connectivity index (χ0v) is 14.9. The van der Waals surface area contributed by atoms with Gasteiger partial charge in [0.1, 0.15) is 0 Å². The fourth-order valence-corrected chi connectivity index (χ4v) is 2.96. The van der Waals surface area contributed by atoms with Gasteiger partial charge in [0.2, 0.25) is 17.7 Å². The van der Waals surface area contributed by atoms with Crippen LogP contribution in [0.5, 0.6) is 0 Å². The standard InChI is InChI=1S/C19H26N4O2/c1-3-12-23(13-17-21-22-19(25-17)15-8-7-9-15)14(2)18(24)20-16-10-5-4-6-11-16/h4-6,10-11,14-15H,3,7-9,12-13H2,1-2H3,(H,20,24). The van der Waals surface area contributed by atoms with Crippen LogP contribution in [-0.4, -0.2) is 33.6 Å². The van der Waals surface area contributed by atoms with Crippen LogP contribution >= 0.6 is 0 Å². The van der Waals surface area contributed by atoms with E-state index < -0.39 is 0 Å². The van der Waals surface area contributed by atoms with Crippen molar-refractivity contribution in [3.63, 3.8) is 0 Å². The molecule has 6 nitrogen and oxygen atoms in total. The molecule has 134 valence electrons. The third-order valence-electron chi connectivity index (χ3n) is 4.75. The van der Waals surface area contributed by atoms with E-state index in [1.54, 1.807) is 0 Å². The fourth-order valence-electron chi connectivity index (χ4n) is 2.96. The molecule has 0 aliphatic heterocycles. The molecule has 1 aliphatic carbocycles. The van der Waals surface area contributed by atoms with Gasteiger partial charge < -0.3 is 9.73 Å². The lowest BCUT2D eigenvalue weighted by molar-refractivity contribution is -0.121. The molecule has 1 atom stereocenters. The summed E-state index contributed by atoms with van der Waals surface area (Å²) in [7, 11) is 0. The van der Waals surface area contributed by atoms with Crippen LogP contribution in [0, 0.1) is 0 Å². The maximum Gasteiger partial charge on any atom is 0.241 e. The third-order valence-corrected chi connectivity index (χ3v) is 4.75. The highest BCUT2D eigenvalue weighted by Gasteiger charge is 2.27. The number of carbonyl (C=O) groups is 1. The number of anilines is 1. The fraction of sp³-hybridized carbons (Fsp3) is 0.526. The lowest BCUT2D eigenvalue weighted by Gasteiger charge is -2.26. The molecular formula is C19H26N4O2. The summed E-state index contributed by atoms with van der Waals surface area (Å²) in [5.41, 5.74) is 0.806. The Morgan fingerprint density at radius 2 is 2.08 bits per heavy atom. The minimum atomic E-state index is -0.279. The second kappa shape index (κ2) is 8.25. The van der Waals surface area contributed by atoms with Crippen molar-refractivity contribution in [2.75, 3.05) is 11.9 Å². The number of hydrogen-bond donors (Lipinski definition) is 1. The van der Waals surface area contributed by atoms with Crippen molar-refractivity contribution in [2.45, 2.75) is 58.0 Å². The molecule has 1 fully saturated rings. The van der Waals surface area contributed by atoms with Gasteiger partial charge in [0.25, 0.3) is 0 Å². The molecule has 0 saturated heterocycles. The first-order valence-corrected chi connectivity index (χ1v) is 9.09. The van der Waals surface area contributed by atoms with E-state index in [1.807, 2.05) is 37.3 Å². The molecule has 0 bridgehead atoms. The maximum absolute atomic E-state index is 12.6. The molecular weight excluding hydrogens is 316 g/mol. The first-order chi connectivity index (χ1) is 12.2. The van der Waals surface area contributed by atoms with Crippen molar-refractivity contribution in [3.8, 4) is 0 Å². The summed E-state index contributed by atoms with van der Waals surface area (Å²) in [6.45, 7) is 5.31. The summed E-state index contributed by atoms with van der Waals surface area (Å²) in [6, 6.07) is 9.24. The minimum Gasteiger partial charge on any atom is -0.424 e. The van der Waals surface area contributed by atoms with E-state index in [-0.39, 0.29) is 11.9 Å². The summed E-state index contributed by atoms with van der Waals surface area (Å²) < 4.78 is 5.82. The van der Waals surface area contributed by atoms with Crippen LogP contribution in [0.1, 0.15) is 57.2 Å². The quantitative estimate of drug-likeness (QED) is 0.794. The molecule has 1 unspecified atom stereocenters. The molecule has 0 spiro atoms. The van der Waals surface area contributed by atoms with E-state index in [2.05, 4.69) is 27.3 Å². The molecule has 1 saturated carbocycles. The number of amides is 1. The molecule has 25 heavy (non-hydrogen) atoms. The summed E-state index contributed by atoms with van der Waals surface area (Å²) in [4.78, 5) is 14.6. The van der Waals surface area contributed by atoms with Gasteiger partial charge in [-0.1, -0.05) is 31.5 Å². The number of para-hydroxylation sites is 1. The first kappa shape index (κ1) is 17.6. The van der Waals surface area contributed by atoms with Crippen molar-refractivity contribution >= 4 is 11.6 Å². The predicted octanol–water partition coefficient (Wildman–Crippen LogP) is 3.58. The molecule has 1 amide bonds. The molecule has 1 N–H and O–H groups in total. The van der Waals surface area contributed by atoms with Gasteiger partial charge in [0.05, 0.1) is 12.6 Å². The average molecular weight is 342 g/mol. The molecule has 0 radical (unpaired) electrons.